The van der Waals surface area contributed by atoms with Gasteiger partial charge in [0.25, 0.3) is 0 Å². The van der Waals surface area contributed by atoms with Crippen molar-refractivity contribution in [1.82, 2.24) is 15.5 Å². The molecule has 1 aliphatic rings. The van der Waals surface area contributed by atoms with Crippen molar-refractivity contribution in [2.24, 2.45) is 0 Å². The highest BCUT2D eigenvalue weighted by molar-refractivity contribution is 5.83. The Kier molecular flexibility index (Phi) is 3.16. The second-order valence-corrected chi connectivity index (χ2v) is 5.62. The lowest BCUT2D eigenvalue weighted by molar-refractivity contribution is 0.377. The van der Waals surface area contributed by atoms with Crippen LogP contribution in [0.15, 0.2) is 47.0 Å². The zero-order valence-corrected chi connectivity index (χ0v) is 11.7. The van der Waals surface area contributed by atoms with Crippen LogP contribution in [0.5, 0.6) is 0 Å². The Morgan fingerprint density at radius 2 is 1.95 bits per heavy atom. The lowest BCUT2D eigenvalue weighted by Crippen LogP contribution is -2.16. The second-order valence-electron chi connectivity index (χ2n) is 5.62. The summed E-state index contributed by atoms with van der Waals surface area (Å²) in [5, 5.41) is 9.91. The van der Waals surface area contributed by atoms with E-state index in [1.165, 1.54) is 29.2 Å². The first-order valence-corrected chi connectivity index (χ1v) is 7.39. The van der Waals surface area contributed by atoms with E-state index in [0.717, 1.165) is 5.82 Å². The first-order valence-electron chi connectivity index (χ1n) is 7.39. The smallest absolute Gasteiger partial charge is 0.231 e. The molecule has 1 saturated carbocycles. The predicted octanol–water partition coefficient (Wildman–Crippen LogP) is 3.07. The minimum absolute atomic E-state index is 0.660. The van der Waals surface area contributed by atoms with E-state index in [1.54, 1.807) is 0 Å². The molecular formula is C17H17N3O. The lowest BCUT2D eigenvalue weighted by atomic mass is 10.1. The molecule has 106 valence electrons. The maximum Gasteiger partial charge on any atom is 0.231 e. The average molecular weight is 279 g/mol. The average Bonchev–Trinajstić information content (AvgIpc) is 3.25. The molecule has 1 fully saturated rings. The van der Waals surface area contributed by atoms with Gasteiger partial charge in [0.1, 0.15) is 0 Å². The monoisotopic (exact) mass is 279 g/mol. The molecule has 0 bridgehead atoms. The third-order valence-electron chi connectivity index (χ3n) is 3.81. The van der Waals surface area contributed by atoms with Gasteiger partial charge in [0.15, 0.2) is 5.82 Å². The SMILES string of the molecule is c1ccc2cc(Cc3nc(CNC4CC4)no3)ccc2c1. The Morgan fingerprint density at radius 1 is 1.10 bits per heavy atom. The van der Waals surface area contributed by atoms with Gasteiger partial charge in [-0.1, -0.05) is 47.6 Å². The quantitative estimate of drug-likeness (QED) is 0.780. The Bertz CT molecular complexity index is 761. The van der Waals surface area contributed by atoms with Crippen LogP contribution in [0.4, 0.5) is 0 Å². The number of benzene rings is 2. The molecule has 0 unspecified atom stereocenters. The van der Waals surface area contributed by atoms with E-state index in [2.05, 4.69) is 57.9 Å². The highest BCUT2D eigenvalue weighted by Gasteiger charge is 2.21. The van der Waals surface area contributed by atoms with Crippen molar-refractivity contribution in [3.05, 3.63) is 59.7 Å². The number of rotatable bonds is 5. The Hall–Kier alpha value is -2.20. The molecule has 0 saturated heterocycles. The third kappa shape index (κ3) is 2.95. The first kappa shape index (κ1) is 12.5. The third-order valence-corrected chi connectivity index (χ3v) is 3.81. The number of nitrogens with one attached hydrogen (secondary N) is 1. The molecule has 1 heterocycles. The van der Waals surface area contributed by atoms with Crippen LogP contribution in [0.3, 0.4) is 0 Å². The lowest BCUT2D eigenvalue weighted by Gasteiger charge is -2.00. The fraction of sp³-hybridized carbons (Fsp3) is 0.294. The van der Waals surface area contributed by atoms with Crippen LogP contribution < -0.4 is 5.32 Å². The number of hydrogen-bond acceptors (Lipinski definition) is 4. The van der Waals surface area contributed by atoms with Gasteiger partial charge in [0, 0.05) is 6.04 Å². The number of aromatic nitrogens is 2. The zero-order chi connectivity index (χ0) is 14.1. The van der Waals surface area contributed by atoms with Crippen molar-refractivity contribution >= 4 is 10.8 Å². The van der Waals surface area contributed by atoms with Crippen LogP contribution in [0.1, 0.15) is 30.1 Å². The molecule has 0 spiro atoms. The molecule has 0 amide bonds. The molecule has 4 nitrogen and oxygen atoms in total. The van der Waals surface area contributed by atoms with Crippen molar-refractivity contribution in [2.75, 3.05) is 0 Å². The van der Waals surface area contributed by atoms with Gasteiger partial charge in [-0.25, -0.2) is 0 Å². The van der Waals surface area contributed by atoms with Crippen molar-refractivity contribution < 1.29 is 4.52 Å². The Balaban J connectivity index is 1.48. The molecule has 4 heteroatoms. The van der Waals surface area contributed by atoms with Crippen LogP contribution in [-0.4, -0.2) is 16.2 Å². The minimum atomic E-state index is 0.660. The van der Waals surface area contributed by atoms with E-state index in [1.807, 2.05) is 0 Å². The number of fused-ring (bicyclic) bond motifs is 1. The molecule has 1 N–H and O–H groups in total. The Morgan fingerprint density at radius 3 is 2.81 bits per heavy atom. The molecule has 0 atom stereocenters. The van der Waals surface area contributed by atoms with Gasteiger partial charge in [-0.2, -0.15) is 4.98 Å². The zero-order valence-electron chi connectivity index (χ0n) is 11.7. The van der Waals surface area contributed by atoms with Crippen molar-refractivity contribution in [3.8, 4) is 0 Å². The molecule has 2 aromatic carbocycles. The molecule has 3 aromatic rings. The fourth-order valence-electron chi connectivity index (χ4n) is 2.48. The van der Waals surface area contributed by atoms with Gasteiger partial charge in [0.2, 0.25) is 5.89 Å². The highest BCUT2D eigenvalue weighted by Crippen LogP contribution is 2.19. The normalized spacial score (nSPS) is 14.7. The summed E-state index contributed by atoms with van der Waals surface area (Å²) in [7, 11) is 0. The summed E-state index contributed by atoms with van der Waals surface area (Å²) in [5.74, 6) is 1.43. The highest BCUT2D eigenvalue weighted by atomic mass is 16.5. The van der Waals surface area contributed by atoms with E-state index in [0.29, 0.717) is 24.9 Å². The summed E-state index contributed by atoms with van der Waals surface area (Å²) in [5.41, 5.74) is 1.19. The maximum atomic E-state index is 5.33. The van der Waals surface area contributed by atoms with Gasteiger partial charge >= 0.3 is 0 Å². The second kappa shape index (κ2) is 5.30. The summed E-state index contributed by atoms with van der Waals surface area (Å²) in [6, 6.07) is 15.4. The first-order chi connectivity index (χ1) is 10.4. The fourth-order valence-corrected chi connectivity index (χ4v) is 2.48. The summed E-state index contributed by atoms with van der Waals surface area (Å²) < 4.78 is 5.33. The molecule has 21 heavy (non-hydrogen) atoms. The number of nitrogens with zero attached hydrogens (tertiary/aromatic N) is 2. The van der Waals surface area contributed by atoms with E-state index in [-0.39, 0.29) is 0 Å². The minimum Gasteiger partial charge on any atom is -0.339 e. The summed E-state index contributed by atoms with van der Waals surface area (Å²) in [6.07, 6.45) is 3.21. The predicted molar refractivity (Wildman–Crippen MR) is 80.9 cm³/mol. The molecule has 1 aromatic heterocycles. The Labute approximate surface area is 123 Å². The van der Waals surface area contributed by atoms with Crippen LogP contribution >= 0.6 is 0 Å². The molecule has 0 aliphatic heterocycles. The molecule has 0 radical (unpaired) electrons. The maximum absolute atomic E-state index is 5.33. The molecular weight excluding hydrogens is 262 g/mol. The summed E-state index contributed by atoms with van der Waals surface area (Å²) in [4.78, 5) is 4.45. The molecule has 4 rings (SSSR count). The van der Waals surface area contributed by atoms with Crippen LogP contribution in [0.2, 0.25) is 0 Å². The van der Waals surface area contributed by atoms with Crippen molar-refractivity contribution in [3.63, 3.8) is 0 Å². The number of hydrogen-bond donors (Lipinski definition) is 1. The van der Waals surface area contributed by atoms with Crippen LogP contribution in [-0.2, 0) is 13.0 Å². The largest absolute Gasteiger partial charge is 0.339 e. The summed E-state index contributed by atoms with van der Waals surface area (Å²) >= 11 is 0. The van der Waals surface area contributed by atoms with E-state index >= 15 is 0 Å². The van der Waals surface area contributed by atoms with Gasteiger partial charge < -0.3 is 9.84 Å². The summed E-state index contributed by atoms with van der Waals surface area (Å²) in [6.45, 7) is 0.700. The molecule has 1 aliphatic carbocycles. The van der Waals surface area contributed by atoms with Crippen molar-refractivity contribution in [1.29, 1.82) is 0 Å². The van der Waals surface area contributed by atoms with Gasteiger partial charge in [-0.3, -0.25) is 0 Å². The standard InChI is InChI=1S/C17H17N3O/c1-2-4-14-9-12(5-6-13(14)3-1)10-17-19-16(20-21-17)11-18-15-7-8-15/h1-6,9,15,18H,7-8,10-11H2. The topological polar surface area (TPSA) is 51.0 Å². The van der Waals surface area contributed by atoms with Crippen LogP contribution in [0, 0.1) is 0 Å². The van der Waals surface area contributed by atoms with E-state index < -0.39 is 0 Å². The van der Waals surface area contributed by atoms with E-state index in [4.69, 9.17) is 4.52 Å². The van der Waals surface area contributed by atoms with Crippen molar-refractivity contribution in [2.45, 2.75) is 31.8 Å². The van der Waals surface area contributed by atoms with Crippen LogP contribution in [0.25, 0.3) is 10.8 Å². The van der Waals surface area contributed by atoms with Gasteiger partial charge in [-0.05, 0) is 29.2 Å². The van der Waals surface area contributed by atoms with E-state index in [9.17, 15) is 0 Å². The van der Waals surface area contributed by atoms with Gasteiger partial charge in [0.05, 0.1) is 13.0 Å². The van der Waals surface area contributed by atoms with Gasteiger partial charge in [-0.15, -0.1) is 0 Å².